The maximum absolute atomic E-state index is 9.44. The molecule has 0 amide bonds. The maximum Gasteiger partial charge on any atom is 0.188 e. The number of alkyl halides is 2. The highest BCUT2D eigenvalue weighted by Crippen LogP contribution is 2.49. The normalized spacial score (nSPS) is 41.1. The van der Waals surface area contributed by atoms with E-state index in [-0.39, 0.29) is 61.6 Å². The number of hydrogen-bond donors (Lipinski definition) is 1. The lowest BCUT2D eigenvalue weighted by Crippen LogP contribution is -2.42. The summed E-state index contributed by atoms with van der Waals surface area (Å²) in [5.74, 6) is -0.707. The van der Waals surface area contributed by atoms with E-state index < -0.39 is 17.2 Å². The summed E-state index contributed by atoms with van der Waals surface area (Å²) in [6.07, 6.45) is 3.04. The molecule has 11 heteroatoms. The molecule has 0 aromatic heterocycles. The molecule has 4 rings (SSSR count). The molecular weight excluding hydrogens is 643 g/mol. The second kappa shape index (κ2) is 13.6. The van der Waals surface area contributed by atoms with Crippen molar-refractivity contribution in [1.82, 2.24) is 0 Å². The zero-order valence-corrected chi connectivity index (χ0v) is 26.5. The van der Waals surface area contributed by atoms with Crippen LogP contribution in [0, 0.1) is 11.8 Å². The molecule has 7 nitrogen and oxygen atoms in total. The topological polar surface area (TPSA) is 75.6 Å². The highest BCUT2D eigenvalue weighted by Gasteiger charge is 2.59. The summed E-state index contributed by atoms with van der Waals surface area (Å²) in [5.41, 5.74) is -0.819. The van der Waals surface area contributed by atoms with Crippen LogP contribution in [0.4, 0.5) is 0 Å². The second-order valence-electron chi connectivity index (χ2n) is 10.2. The van der Waals surface area contributed by atoms with E-state index in [1.807, 2.05) is 34.6 Å². The van der Waals surface area contributed by atoms with Gasteiger partial charge in [-0.05, 0) is 78.5 Å². The molecule has 214 valence electrons. The lowest BCUT2D eigenvalue weighted by atomic mass is 9.85. The van der Waals surface area contributed by atoms with Crippen molar-refractivity contribution in [2.24, 2.45) is 11.8 Å². The van der Waals surface area contributed by atoms with Crippen LogP contribution in [0.1, 0.15) is 75.7 Å². The lowest BCUT2D eigenvalue weighted by molar-refractivity contribution is -0.238. The first-order chi connectivity index (χ1) is 16.1. The Morgan fingerprint density at radius 2 is 1.25 bits per heavy atom. The van der Waals surface area contributed by atoms with Crippen molar-refractivity contribution in [3.63, 3.8) is 0 Å². The minimum atomic E-state index is -0.570. The minimum absolute atomic E-state index is 0. The molecule has 4 aliphatic heterocycles. The van der Waals surface area contributed by atoms with Gasteiger partial charge in [0.1, 0.15) is 12.2 Å². The summed E-state index contributed by atoms with van der Waals surface area (Å²) in [4.78, 5) is 0. The molecule has 0 aromatic rings. The van der Waals surface area contributed by atoms with Crippen molar-refractivity contribution in [3.8, 4) is 0 Å². The molecule has 0 saturated carbocycles. The van der Waals surface area contributed by atoms with Crippen LogP contribution < -0.4 is 0 Å². The van der Waals surface area contributed by atoms with Crippen LogP contribution >= 0.6 is 55.1 Å². The molecule has 36 heavy (non-hydrogen) atoms. The van der Waals surface area contributed by atoms with Crippen LogP contribution in [0.2, 0.25) is 0 Å². The third-order valence-electron chi connectivity index (χ3n) is 7.22. The van der Waals surface area contributed by atoms with Gasteiger partial charge in [0.05, 0.1) is 26.5 Å². The standard InChI is InChI=1S/C12H18Br2O3.C11H20O4.CH2Cl2.CH4/c1-5-12(6-8(13)14)7(2)9-10(17-12)16-11(3,4)15-9;1-5-11(6-12)7(2)8-9(15-11)14-10(3,4)13-8;2-1-3;/h6-7,9-10H,5H2,1-4H3;7-9,12H,5-6H2,1-4H3;1H2;1H4/t7?,9?,10-,12+;7?,8?,9-,11+;;/m11../s1. The number of aliphatic hydroxyl groups excluding tert-OH is 1. The molecule has 0 spiro atoms. The van der Waals surface area contributed by atoms with Crippen molar-refractivity contribution >= 4 is 55.1 Å². The highest BCUT2D eigenvalue weighted by atomic mass is 79.9. The first-order valence-electron chi connectivity index (χ1n) is 12.0. The van der Waals surface area contributed by atoms with Gasteiger partial charge < -0.3 is 33.5 Å². The average Bonchev–Trinajstić information content (AvgIpc) is 3.39. The molecule has 1 N–H and O–H groups in total. The van der Waals surface area contributed by atoms with Gasteiger partial charge in [-0.3, -0.25) is 0 Å². The van der Waals surface area contributed by atoms with Crippen molar-refractivity contribution in [2.75, 3.05) is 11.9 Å². The van der Waals surface area contributed by atoms with Gasteiger partial charge in [-0.1, -0.05) is 35.1 Å². The van der Waals surface area contributed by atoms with Crippen molar-refractivity contribution in [2.45, 2.75) is 123 Å². The third kappa shape index (κ3) is 7.59. The van der Waals surface area contributed by atoms with Gasteiger partial charge in [-0.25, -0.2) is 0 Å². The minimum Gasteiger partial charge on any atom is -0.393 e. The summed E-state index contributed by atoms with van der Waals surface area (Å²) in [6.45, 7) is 16.0. The van der Waals surface area contributed by atoms with Crippen molar-refractivity contribution < 1.29 is 33.5 Å². The molecule has 4 saturated heterocycles. The van der Waals surface area contributed by atoms with Gasteiger partial charge in [-0.2, -0.15) is 0 Å². The number of rotatable bonds is 4. The SMILES string of the molecule is C.CC[C@@]1(C=C(Br)Br)O[C@H]2OC(C)(C)OC2C1C.CC[C@@]1(CO)O[C@H]2OC(C)(C)OC2C1C.ClCCl. The first kappa shape index (κ1) is 35.0. The Morgan fingerprint density at radius 1 is 0.806 bits per heavy atom. The van der Waals surface area contributed by atoms with Crippen LogP contribution in [-0.4, -0.2) is 64.6 Å². The Hall–Kier alpha value is 1.000. The van der Waals surface area contributed by atoms with Crippen LogP contribution in [0.15, 0.2) is 9.47 Å². The fourth-order valence-corrected chi connectivity index (χ4v) is 5.94. The van der Waals surface area contributed by atoms with Crippen LogP contribution in [0.25, 0.3) is 0 Å². The van der Waals surface area contributed by atoms with Crippen LogP contribution in [-0.2, 0) is 28.4 Å². The molecule has 0 aliphatic carbocycles. The quantitative estimate of drug-likeness (QED) is 0.313. The van der Waals surface area contributed by atoms with Crippen molar-refractivity contribution in [3.05, 3.63) is 9.47 Å². The van der Waals surface area contributed by atoms with E-state index in [1.165, 1.54) is 0 Å². The molecule has 8 atom stereocenters. The number of hydrogen-bond acceptors (Lipinski definition) is 7. The molecule has 0 radical (unpaired) electrons. The first-order valence-corrected chi connectivity index (χ1v) is 14.6. The molecular formula is C25H44Br2Cl2O7. The van der Waals surface area contributed by atoms with Gasteiger partial charge in [0.2, 0.25) is 0 Å². The zero-order chi connectivity index (χ0) is 26.8. The predicted octanol–water partition coefficient (Wildman–Crippen LogP) is 7.24. The monoisotopic (exact) mass is 684 g/mol. The second-order valence-corrected chi connectivity index (χ2v) is 13.8. The van der Waals surface area contributed by atoms with E-state index in [2.05, 4.69) is 58.7 Å². The highest BCUT2D eigenvalue weighted by molar-refractivity contribution is 9.28. The van der Waals surface area contributed by atoms with Gasteiger partial charge in [0, 0.05) is 11.8 Å². The van der Waals surface area contributed by atoms with E-state index >= 15 is 0 Å². The zero-order valence-electron chi connectivity index (χ0n) is 21.8. The fourth-order valence-electron chi connectivity index (χ4n) is 5.17. The van der Waals surface area contributed by atoms with Crippen LogP contribution in [0.3, 0.4) is 0 Å². The Bertz CT molecular complexity index is 731. The molecule has 4 unspecified atom stereocenters. The van der Waals surface area contributed by atoms with E-state index in [4.69, 9.17) is 51.6 Å². The summed E-state index contributed by atoms with van der Waals surface area (Å²) < 4.78 is 35.9. The summed E-state index contributed by atoms with van der Waals surface area (Å²) in [6, 6.07) is 0. The molecule has 0 bridgehead atoms. The Kier molecular flexibility index (Phi) is 13.2. The lowest BCUT2D eigenvalue weighted by Gasteiger charge is -2.32. The van der Waals surface area contributed by atoms with Crippen LogP contribution in [0.5, 0.6) is 0 Å². The van der Waals surface area contributed by atoms with Gasteiger partial charge >= 0.3 is 0 Å². The largest absolute Gasteiger partial charge is 0.393 e. The average molecular weight is 687 g/mol. The predicted molar refractivity (Wildman–Crippen MR) is 151 cm³/mol. The van der Waals surface area contributed by atoms with Crippen molar-refractivity contribution in [1.29, 1.82) is 0 Å². The molecule has 4 fully saturated rings. The van der Waals surface area contributed by atoms with Gasteiger partial charge in [0.25, 0.3) is 0 Å². The third-order valence-corrected chi connectivity index (χ3v) is 7.68. The van der Waals surface area contributed by atoms with E-state index in [9.17, 15) is 5.11 Å². The summed E-state index contributed by atoms with van der Waals surface area (Å²) in [7, 11) is 0. The maximum atomic E-state index is 9.44. The molecule has 4 aliphatic rings. The Balaban J connectivity index is 0.000000319. The van der Waals surface area contributed by atoms with Gasteiger partial charge in [-0.15, -0.1) is 23.2 Å². The smallest absolute Gasteiger partial charge is 0.188 e. The fraction of sp³-hybridized carbons (Fsp3) is 0.920. The number of ether oxygens (including phenoxy) is 6. The van der Waals surface area contributed by atoms with E-state index in [0.717, 1.165) is 16.2 Å². The molecule has 0 aromatic carbocycles. The number of halogens is 4. The number of aliphatic hydroxyl groups is 1. The van der Waals surface area contributed by atoms with Gasteiger partial charge in [0.15, 0.2) is 24.2 Å². The summed E-state index contributed by atoms with van der Waals surface area (Å²) >= 11 is 16.3. The van der Waals surface area contributed by atoms with E-state index in [0.29, 0.717) is 0 Å². The Morgan fingerprint density at radius 3 is 1.58 bits per heavy atom. The summed E-state index contributed by atoms with van der Waals surface area (Å²) in [5, 5.41) is 9.63. The Labute approximate surface area is 244 Å². The number of fused-ring (bicyclic) bond motifs is 2. The molecule has 4 heterocycles. The van der Waals surface area contributed by atoms with E-state index in [1.54, 1.807) is 0 Å².